The number of nitrogens with zero attached hydrogens (tertiary/aromatic N) is 1. The fourth-order valence-electron chi connectivity index (χ4n) is 2.21. The van der Waals surface area contributed by atoms with Crippen LogP contribution in [-0.2, 0) is 11.4 Å². The van der Waals surface area contributed by atoms with Gasteiger partial charge in [-0.15, -0.1) is 0 Å². The molecule has 2 aromatic rings. The molecular weight excluding hydrogens is 310 g/mol. The molecule has 22 heavy (non-hydrogen) atoms. The van der Waals surface area contributed by atoms with Gasteiger partial charge in [0.1, 0.15) is 12.4 Å². The topological polar surface area (TPSA) is 78.7 Å². The fourth-order valence-corrected chi connectivity index (χ4v) is 2.38. The summed E-state index contributed by atoms with van der Waals surface area (Å²) in [7, 11) is 0. The molecule has 0 N–H and O–H groups in total. The minimum Gasteiger partial charge on any atom is -0.481 e. The Morgan fingerprint density at radius 2 is 2.00 bits per heavy atom. The van der Waals surface area contributed by atoms with Gasteiger partial charge in [-0.2, -0.15) is 0 Å². The van der Waals surface area contributed by atoms with Gasteiger partial charge in [0.25, 0.3) is 5.24 Å². The van der Waals surface area contributed by atoms with Crippen molar-refractivity contribution in [2.45, 2.75) is 12.7 Å². The SMILES string of the molecule is O=C(Cl)C(Oc1ccc([N+](=O)[O-])c2c1CO2)c1ccccc1. The second-order valence-electron chi connectivity index (χ2n) is 4.65. The van der Waals surface area contributed by atoms with E-state index in [1.807, 2.05) is 6.07 Å². The van der Waals surface area contributed by atoms with Crippen LogP contribution in [0.4, 0.5) is 5.69 Å². The average Bonchev–Trinajstić information content (AvgIpc) is 2.46. The van der Waals surface area contributed by atoms with Gasteiger partial charge in [0.15, 0.2) is 6.10 Å². The van der Waals surface area contributed by atoms with Crippen LogP contribution in [0.25, 0.3) is 0 Å². The van der Waals surface area contributed by atoms with Crippen molar-refractivity contribution in [3.8, 4) is 11.5 Å². The van der Waals surface area contributed by atoms with Crippen molar-refractivity contribution in [2.75, 3.05) is 0 Å². The summed E-state index contributed by atoms with van der Waals surface area (Å²) in [5.74, 6) is 0.533. The highest BCUT2D eigenvalue weighted by molar-refractivity contribution is 6.64. The highest BCUT2D eigenvalue weighted by atomic mass is 35.5. The van der Waals surface area contributed by atoms with E-state index in [0.29, 0.717) is 16.9 Å². The van der Waals surface area contributed by atoms with E-state index in [4.69, 9.17) is 21.1 Å². The first-order valence-electron chi connectivity index (χ1n) is 6.42. The van der Waals surface area contributed by atoms with Gasteiger partial charge in [-0.05, 0) is 17.7 Å². The predicted octanol–water partition coefficient (Wildman–Crippen LogP) is 3.37. The molecule has 0 spiro atoms. The largest absolute Gasteiger partial charge is 0.481 e. The van der Waals surface area contributed by atoms with Crippen LogP contribution in [0.5, 0.6) is 11.5 Å². The van der Waals surface area contributed by atoms with Crippen molar-refractivity contribution in [2.24, 2.45) is 0 Å². The number of carbonyl (C=O) groups is 1. The Bertz CT molecular complexity index is 747. The highest BCUT2D eigenvalue weighted by Gasteiger charge is 2.32. The maximum atomic E-state index is 11.6. The molecule has 2 aromatic carbocycles. The molecule has 0 saturated carbocycles. The van der Waals surface area contributed by atoms with Crippen molar-refractivity contribution < 1.29 is 19.2 Å². The smallest absolute Gasteiger partial charge is 0.311 e. The van der Waals surface area contributed by atoms with Gasteiger partial charge < -0.3 is 9.47 Å². The lowest BCUT2D eigenvalue weighted by atomic mass is 10.1. The minimum atomic E-state index is -0.978. The Labute approximate surface area is 130 Å². The molecule has 1 heterocycles. The maximum Gasteiger partial charge on any atom is 0.311 e. The summed E-state index contributed by atoms with van der Waals surface area (Å²) in [5, 5.41) is 10.2. The summed E-state index contributed by atoms with van der Waals surface area (Å²) < 4.78 is 10.8. The lowest BCUT2D eigenvalue weighted by molar-refractivity contribution is -0.386. The molecule has 0 radical (unpaired) electrons. The second kappa shape index (κ2) is 5.65. The van der Waals surface area contributed by atoms with Crippen molar-refractivity contribution >= 4 is 22.5 Å². The zero-order chi connectivity index (χ0) is 15.7. The molecule has 0 saturated heterocycles. The Morgan fingerprint density at radius 3 is 2.55 bits per heavy atom. The summed E-state index contributed by atoms with van der Waals surface area (Å²) in [6.45, 7) is 0.199. The molecule has 3 rings (SSSR count). The number of benzene rings is 2. The van der Waals surface area contributed by atoms with Crippen LogP contribution in [0.3, 0.4) is 0 Å². The molecule has 0 amide bonds. The zero-order valence-corrected chi connectivity index (χ0v) is 11.9. The normalized spacial score (nSPS) is 13.3. The Kier molecular flexibility index (Phi) is 3.68. The summed E-state index contributed by atoms with van der Waals surface area (Å²) in [5.41, 5.74) is 1.05. The third kappa shape index (κ3) is 2.48. The monoisotopic (exact) mass is 319 g/mol. The summed E-state index contributed by atoms with van der Waals surface area (Å²) >= 11 is 5.62. The number of nitro benzene ring substituents is 1. The van der Waals surface area contributed by atoms with Crippen LogP contribution < -0.4 is 9.47 Å². The highest BCUT2D eigenvalue weighted by Crippen LogP contribution is 2.45. The Hall–Kier alpha value is -2.60. The van der Waals surface area contributed by atoms with E-state index in [0.717, 1.165) is 0 Å². The van der Waals surface area contributed by atoms with E-state index < -0.39 is 16.3 Å². The first-order valence-corrected chi connectivity index (χ1v) is 6.79. The number of nitro groups is 1. The lowest BCUT2D eigenvalue weighted by Crippen LogP contribution is -2.19. The standard InChI is InChI=1S/C15H10ClNO5/c16-15(18)13(9-4-2-1-3-5-9)22-12-7-6-11(17(19)20)14-10(12)8-21-14/h1-7,13H,8H2. The first-order chi connectivity index (χ1) is 10.6. The first kappa shape index (κ1) is 14.3. The maximum absolute atomic E-state index is 11.6. The fraction of sp³-hybridized carbons (Fsp3) is 0.133. The molecule has 1 aliphatic heterocycles. The average molecular weight is 320 g/mol. The van der Waals surface area contributed by atoms with Gasteiger partial charge in [0.05, 0.1) is 10.5 Å². The molecule has 1 aliphatic rings. The number of carbonyl (C=O) groups excluding carboxylic acids is 1. The predicted molar refractivity (Wildman–Crippen MR) is 78.1 cm³/mol. The number of rotatable bonds is 5. The number of fused-ring (bicyclic) bond motifs is 1. The van der Waals surface area contributed by atoms with E-state index in [-0.39, 0.29) is 18.0 Å². The van der Waals surface area contributed by atoms with Crippen LogP contribution >= 0.6 is 11.6 Å². The van der Waals surface area contributed by atoms with Gasteiger partial charge in [-0.3, -0.25) is 14.9 Å². The van der Waals surface area contributed by atoms with Gasteiger partial charge in [-0.25, -0.2) is 0 Å². The van der Waals surface area contributed by atoms with Crippen LogP contribution in [-0.4, -0.2) is 10.2 Å². The third-order valence-electron chi connectivity index (χ3n) is 3.31. The van der Waals surface area contributed by atoms with Crippen LogP contribution in [0.2, 0.25) is 0 Å². The summed E-state index contributed by atoms with van der Waals surface area (Å²) in [4.78, 5) is 22.0. The summed E-state index contributed by atoms with van der Waals surface area (Å²) in [6, 6.07) is 11.5. The lowest BCUT2D eigenvalue weighted by Gasteiger charge is -2.25. The van der Waals surface area contributed by atoms with Gasteiger partial charge in [0.2, 0.25) is 5.75 Å². The van der Waals surface area contributed by atoms with E-state index in [1.54, 1.807) is 24.3 Å². The van der Waals surface area contributed by atoms with Gasteiger partial charge >= 0.3 is 5.69 Å². The summed E-state index contributed by atoms with van der Waals surface area (Å²) in [6.07, 6.45) is -0.978. The molecule has 0 fully saturated rings. The van der Waals surface area contributed by atoms with E-state index in [2.05, 4.69) is 0 Å². The van der Waals surface area contributed by atoms with Crippen molar-refractivity contribution in [3.63, 3.8) is 0 Å². The Balaban J connectivity index is 1.94. The van der Waals surface area contributed by atoms with E-state index in [1.165, 1.54) is 12.1 Å². The third-order valence-corrected chi connectivity index (χ3v) is 3.51. The second-order valence-corrected chi connectivity index (χ2v) is 5.02. The molecule has 0 aromatic heterocycles. The number of halogens is 1. The Morgan fingerprint density at radius 1 is 1.27 bits per heavy atom. The molecule has 112 valence electrons. The molecule has 0 bridgehead atoms. The van der Waals surface area contributed by atoms with Crippen molar-refractivity contribution in [3.05, 3.63) is 63.7 Å². The molecule has 6 nitrogen and oxygen atoms in total. The van der Waals surface area contributed by atoms with Crippen LogP contribution in [0.15, 0.2) is 42.5 Å². The minimum absolute atomic E-state index is 0.123. The van der Waals surface area contributed by atoms with Gasteiger partial charge in [-0.1, -0.05) is 30.3 Å². The van der Waals surface area contributed by atoms with E-state index in [9.17, 15) is 14.9 Å². The van der Waals surface area contributed by atoms with Crippen LogP contribution in [0.1, 0.15) is 17.2 Å². The van der Waals surface area contributed by atoms with Crippen molar-refractivity contribution in [1.29, 1.82) is 0 Å². The number of ether oxygens (including phenoxy) is 2. The zero-order valence-electron chi connectivity index (χ0n) is 11.2. The molecular formula is C15H10ClNO5. The molecule has 0 aliphatic carbocycles. The molecule has 7 heteroatoms. The van der Waals surface area contributed by atoms with E-state index >= 15 is 0 Å². The molecule has 1 unspecified atom stereocenters. The van der Waals surface area contributed by atoms with Crippen molar-refractivity contribution in [1.82, 2.24) is 0 Å². The number of hydrogen-bond donors (Lipinski definition) is 0. The quantitative estimate of drug-likeness (QED) is 0.479. The van der Waals surface area contributed by atoms with Crippen LogP contribution in [0, 0.1) is 10.1 Å². The van der Waals surface area contributed by atoms with Gasteiger partial charge in [0, 0.05) is 11.6 Å². The number of hydrogen-bond acceptors (Lipinski definition) is 5. The molecule has 1 atom stereocenters.